The van der Waals surface area contributed by atoms with Crippen LogP contribution in [0.2, 0.25) is 0 Å². The summed E-state index contributed by atoms with van der Waals surface area (Å²) in [5, 5.41) is 14.1. The molecule has 0 radical (unpaired) electrons. The molecule has 0 aliphatic heterocycles. The second-order valence-corrected chi connectivity index (χ2v) is 6.19. The van der Waals surface area contributed by atoms with Crippen molar-refractivity contribution in [1.82, 2.24) is 14.8 Å². The minimum atomic E-state index is -0.930. The monoisotopic (exact) mass is 365 g/mol. The van der Waals surface area contributed by atoms with Gasteiger partial charge in [0.2, 0.25) is 5.16 Å². The molecule has 132 valence electrons. The Kier molecular flexibility index (Phi) is 5.53. The molecular weight excluding hydrogens is 346 g/mol. The molecule has 26 heavy (non-hydrogen) atoms. The van der Waals surface area contributed by atoms with Crippen LogP contribution in [0.4, 0.5) is 0 Å². The van der Waals surface area contributed by atoms with Crippen LogP contribution in [-0.4, -0.2) is 25.8 Å². The molecule has 5 nitrogen and oxygen atoms in total. The number of hydrogen-bond donors (Lipinski definition) is 2. The van der Waals surface area contributed by atoms with Gasteiger partial charge in [0.15, 0.2) is 5.82 Å². The van der Waals surface area contributed by atoms with Crippen molar-refractivity contribution in [1.29, 1.82) is 0 Å². The highest BCUT2D eigenvalue weighted by atomic mass is 32.1. The zero-order chi connectivity index (χ0) is 18.5. The van der Waals surface area contributed by atoms with Crippen molar-refractivity contribution in [3.63, 3.8) is 0 Å². The van der Waals surface area contributed by atoms with Gasteiger partial charge in [-0.1, -0.05) is 55.5 Å². The molecule has 3 aromatic rings. The van der Waals surface area contributed by atoms with Gasteiger partial charge in [0.05, 0.1) is 12.1 Å². The van der Waals surface area contributed by atoms with Gasteiger partial charge in [0.1, 0.15) is 0 Å². The summed E-state index contributed by atoms with van der Waals surface area (Å²) < 4.78 is 1.80. The van der Waals surface area contributed by atoms with E-state index in [-0.39, 0.29) is 0 Å². The standard InChI is InChI=1S/C20H19N3O2S/c1-2-3-8-18-21-20(26)22-23(18)13-14-9-11-15(12-10-14)16-6-4-5-7-17(16)19(24)25/h3-12H,2,13H2,1H3,(H,22,26)(H,24,25). The quantitative estimate of drug-likeness (QED) is 0.635. The van der Waals surface area contributed by atoms with E-state index in [1.165, 1.54) is 0 Å². The number of thiol groups is 1. The molecule has 0 fully saturated rings. The number of rotatable bonds is 6. The van der Waals surface area contributed by atoms with Crippen LogP contribution in [-0.2, 0) is 6.54 Å². The number of nitrogens with zero attached hydrogens (tertiary/aromatic N) is 3. The van der Waals surface area contributed by atoms with Crippen molar-refractivity contribution in [3.05, 3.63) is 71.6 Å². The average Bonchev–Trinajstić information content (AvgIpc) is 2.99. The predicted octanol–water partition coefficient (Wildman–Crippen LogP) is 4.40. The van der Waals surface area contributed by atoms with Crippen molar-refractivity contribution in [2.24, 2.45) is 0 Å². The Morgan fingerprint density at radius 3 is 2.62 bits per heavy atom. The molecule has 0 unspecified atom stereocenters. The van der Waals surface area contributed by atoms with Crippen molar-refractivity contribution < 1.29 is 9.90 Å². The van der Waals surface area contributed by atoms with Crippen LogP contribution in [0.3, 0.4) is 0 Å². The smallest absolute Gasteiger partial charge is 0.336 e. The topological polar surface area (TPSA) is 68.0 Å². The summed E-state index contributed by atoms with van der Waals surface area (Å²) in [6, 6.07) is 14.8. The molecule has 0 spiro atoms. The van der Waals surface area contributed by atoms with Crippen LogP contribution < -0.4 is 0 Å². The Bertz CT molecular complexity index is 946. The molecule has 2 aromatic carbocycles. The molecule has 1 N–H and O–H groups in total. The van der Waals surface area contributed by atoms with Crippen molar-refractivity contribution in [2.75, 3.05) is 0 Å². The van der Waals surface area contributed by atoms with Gasteiger partial charge < -0.3 is 5.11 Å². The zero-order valence-corrected chi connectivity index (χ0v) is 15.2. The normalized spacial score (nSPS) is 11.2. The van der Waals surface area contributed by atoms with E-state index in [2.05, 4.69) is 29.6 Å². The second kappa shape index (κ2) is 8.01. The highest BCUT2D eigenvalue weighted by molar-refractivity contribution is 7.80. The lowest BCUT2D eigenvalue weighted by atomic mass is 9.99. The Morgan fingerprint density at radius 2 is 1.92 bits per heavy atom. The van der Waals surface area contributed by atoms with E-state index < -0.39 is 5.97 Å². The van der Waals surface area contributed by atoms with Gasteiger partial charge in [-0.25, -0.2) is 14.5 Å². The highest BCUT2D eigenvalue weighted by Crippen LogP contribution is 2.24. The Morgan fingerprint density at radius 1 is 1.19 bits per heavy atom. The minimum Gasteiger partial charge on any atom is -0.478 e. The van der Waals surface area contributed by atoms with E-state index in [1.54, 1.807) is 16.8 Å². The molecule has 0 aliphatic rings. The van der Waals surface area contributed by atoms with Gasteiger partial charge >= 0.3 is 5.97 Å². The maximum absolute atomic E-state index is 11.4. The van der Waals surface area contributed by atoms with E-state index in [0.717, 1.165) is 23.4 Å². The molecule has 0 atom stereocenters. The summed E-state index contributed by atoms with van der Waals surface area (Å²) in [6.45, 7) is 2.63. The fourth-order valence-corrected chi connectivity index (χ4v) is 2.90. The Hall–Kier alpha value is -2.86. The van der Waals surface area contributed by atoms with Crippen molar-refractivity contribution >= 4 is 24.7 Å². The van der Waals surface area contributed by atoms with E-state index in [4.69, 9.17) is 0 Å². The van der Waals surface area contributed by atoms with Gasteiger partial charge in [-0.05, 0) is 35.3 Å². The molecule has 0 amide bonds. The molecule has 1 aromatic heterocycles. The van der Waals surface area contributed by atoms with Gasteiger partial charge in [0.25, 0.3) is 0 Å². The number of hydrogen-bond acceptors (Lipinski definition) is 4. The lowest BCUT2D eigenvalue weighted by molar-refractivity contribution is 0.0697. The fraction of sp³-hybridized carbons (Fsp3) is 0.150. The number of benzene rings is 2. The fourth-order valence-electron chi connectivity index (χ4n) is 2.69. The summed E-state index contributed by atoms with van der Waals surface area (Å²) in [4.78, 5) is 15.7. The van der Waals surface area contributed by atoms with Crippen LogP contribution in [0.25, 0.3) is 17.2 Å². The summed E-state index contributed by atoms with van der Waals surface area (Å²) in [5.41, 5.74) is 2.91. The first-order valence-electron chi connectivity index (χ1n) is 8.30. The minimum absolute atomic E-state index is 0.295. The first-order valence-corrected chi connectivity index (χ1v) is 8.75. The lowest BCUT2D eigenvalue weighted by Crippen LogP contribution is -2.04. The third-order valence-corrected chi connectivity index (χ3v) is 4.14. The maximum Gasteiger partial charge on any atom is 0.336 e. The van der Waals surface area contributed by atoms with Crippen LogP contribution in [0, 0.1) is 0 Å². The number of carbonyl (C=O) groups is 1. The highest BCUT2D eigenvalue weighted by Gasteiger charge is 2.11. The molecule has 0 bridgehead atoms. The van der Waals surface area contributed by atoms with Gasteiger partial charge in [-0.3, -0.25) is 0 Å². The second-order valence-electron chi connectivity index (χ2n) is 5.79. The number of carboxylic acid groups (broad SMARTS) is 1. The zero-order valence-electron chi connectivity index (χ0n) is 14.3. The Balaban J connectivity index is 1.86. The molecule has 0 saturated carbocycles. The van der Waals surface area contributed by atoms with E-state index in [0.29, 0.717) is 22.8 Å². The van der Waals surface area contributed by atoms with Crippen LogP contribution in [0.1, 0.15) is 35.1 Å². The van der Waals surface area contributed by atoms with Crippen LogP contribution >= 0.6 is 12.6 Å². The molecule has 3 rings (SSSR count). The largest absolute Gasteiger partial charge is 0.478 e. The summed E-state index contributed by atoms with van der Waals surface area (Å²) in [6.07, 6.45) is 4.89. The van der Waals surface area contributed by atoms with Gasteiger partial charge in [0, 0.05) is 0 Å². The maximum atomic E-state index is 11.4. The first kappa shape index (κ1) is 17.9. The van der Waals surface area contributed by atoms with Crippen molar-refractivity contribution in [2.45, 2.75) is 25.0 Å². The van der Waals surface area contributed by atoms with Gasteiger partial charge in [-0.2, -0.15) is 0 Å². The third-order valence-electron chi connectivity index (χ3n) is 3.95. The van der Waals surface area contributed by atoms with E-state index in [9.17, 15) is 9.90 Å². The number of allylic oxidation sites excluding steroid dienone is 1. The van der Waals surface area contributed by atoms with Gasteiger partial charge in [-0.15, -0.1) is 17.7 Å². The SMILES string of the molecule is CCC=Cc1nc(S)nn1Cc1ccc(-c2ccccc2C(=O)O)cc1. The summed E-state index contributed by atoms with van der Waals surface area (Å²) in [7, 11) is 0. The molecule has 6 heteroatoms. The summed E-state index contributed by atoms with van der Waals surface area (Å²) in [5.74, 6) is -0.168. The molecule has 1 heterocycles. The van der Waals surface area contributed by atoms with E-state index in [1.807, 2.05) is 48.6 Å². The molecule has 0 aliphatic carbocycles. The first-order chi connectivity index (χ1) is 12.6. The Labute approximate surface area is 157 Å². The molecular formula is C20H19N3O2S. The predicted molar refractivity (Wildman–Crippen MR) is 105 cm³/mol. The third kappa shape index (κ3) is 4.03. The lowest BCUT2D eigenvalue weighted by Gasteiger charge is -2.08. The van der Waals surface area contributed by atoms with Crippen molar-refractivity contribution in [3.8, 4) is 11.1 Å². The van der Waals surface area contributed by atoms with Crippen LogP contribution in [0.15, 0.2) is 59.8 Å². The number of carboxylic acids is 1. The number of aromatic carboxylic acids is 1. The molecule has 0 saturated heterocycles. The van der Waals surface area contributed by atoms with E-state index >= 15 is 0 Å². The summed E-state index contributed by atoms with van der Waals surface area (Å²) >= 11 is 4.23. The van der Waals surface area contributed by atoms with Crippen LogP contribution in [0.5, 0.6) is 0 Å². The average molecular weight is 365 g/mol. The number of aromatic nitrogens is 3.